The molecule has 2 aromatic rings. The van der Waals surface area contributed by atoms with Crippen molar-refractivity contribution in [3.05, 3.63) is 23.2 Å². The normalized spacial score (nSPS) is 20.9. The molecule has 0 atom stereocenters. The van der Waals surface area contributed by atoms with E-state index in [-0.39, 0.29) is 29.0 Å². The van der Waals surface area contributed by atoms with Gasteiger partial charge in [-0.3, -0.25) is 0 Å². The maximum atomic E-state index is 13.0. The second kappa shape index (κ2) is 6.84. The van der Waals surface area contributed by atoms with Crippen LogP contribution in [0.4, 0.5) is 0 Å². The van der Waals surface area contributed by atoms with Crippen LogP contribution in [0, 0.1) is 13.8 Å². The Balaban J connectivity index is 0.00000210. The van der Waals surface area contributed by atoms with Crippen LogP contribution in [-0.4, -0.2) is 23.7 Å². The van der Waals surface area contributed by atoms with Crippen molar-refractivity contribution < 1.29 is 17.5 Å². The minimum Gasteiger partial charge on any atom is -0.360 e. The molecule has 2 aromatic heterocycles. The maximum Gasteiger partial charge on any atom is 0.248 e. The van der Waals surface area contributed by atoms with Crippen LogP contribution >= 0.6 is 12.4 Å². The Morgan fingerprint density at radius 3 is 2.22 bits per heavy atom. The van der Waals surface area contributed by atoms with E-state index >= 15 is 0 Å². The number of hydrogen-bond acceptors (Lipinski definition) is 8. The van der Waals surface area contributed by atoms with E-state index in [9.17, 15) is 8.42 Å². The number of sulfonamides is 1. The van der Waals surface area contributed by atoms with Crippen LogP contribution in [0.25, 0.3) is 0 Å². The van der Waals surface area contributed by atoms with E-state index in [1.807, 2.05) is 0 Å². The van der Waals surface area contributed by atoms with E-state index in [2.05, 4.69) is 20.0 Å². The molecule has 0 spiro atoms. The van der Waals surface area contributed by atoms with Crippen molar-refractivity contribution >= 4 is 22.4 Å². The topological polar surface area (TPSA) is 137 Å². The summed E-state index contributed by atoms with van der Waals surface area (Å²) in [5, 5.41) is 7.80. The highest BCUT2D eigenvalue weighted by Crippen LogP contribution is 2.42. The molecule has 0 saturated heterocycles. The molecule has 0 aromatic carbocycles. The Kier molecular flexibility index (Phi) is 5.13. The molecule has 27 heavy (non-hydrogen) atoms. The molecule has 2 heterocycles. The Morgan fingerprint density at radius 1 is 1.04 bits per heavy atom. The van der Waals surface area contributed by atoms with Crippen molar-refractivity contribution in [3.63, 3.8) is 0 Å². The monoisotopic (exact) mass is 417 g/mol. The largest absolute Gasteiger partial charge is 0.360 e. The third-order valence-corrected chi connectivity index (χ3v) is 7.33. The molecule has 0 radical (unpaired) electrons. The van der Waals surface area contributed by atoms with Crippen molar-refractivity contribution in [3.8, 4) is 0 Å². The van der Waals surface area contributed by atoms with Crippen LogP contribution in [0.3, 0.4) is 0 Å². The van der Waals surface area contributed by atoms with Gasteiger partial charge in [-0.2, -0.15) is 9.71 Å². The van der Waals surface area contributed by atoms with Crippen molar-refractivity contribution in [2.75, 3.05) is 0 Å². The molecule has 3 N–H and O–H groups in total. The SMILES string of the molecule is Cc1noc(C)c1S(=O)(=O)NC1(c2nc(C3(N)CCC3)no2)CCCC1.Cl. The smallest absolute Gasteiger partial charge is 0.248 e. The minimum absolute atomic E-state index is 0. The maximum absolute atomic E-state index is 13.0. The Hall–Kier alpha value is -1.49. The first kappa shape index (κ1) is 20.2. The number of nitrogens with one attached hydrogen (secondary N) is 1. The zero-order valence-corrected chi connectivity index (χ0v) is 17.0. The van der Waals surface area contributed by atoms with Crippen LogP contribution < -0.4 is 10.5 Å². The first-order valence-electron chi connectivity index (χ1n) is 8.86. The molecule has 0 unspecified atom stereocenters. The summed E-state index contributed by atoms with van der Waals surface area (Å²) >= 11 is 0. The average Bonchev–Trinajstić information content (AvgIpc) is 3.25. The van der Waals surface area contributed by atoms with Crippen LogP contribution in [0.15, 0.2) is 13.9 Å². The summed E-state index contributed by atoms with van der Waals surface area (Å²) < 4.78 is 39.3. The van der Waals surface area contributed by atoms with Gasteiger partial charge in [-0.05, 0) is 46.0 Å². The van der Waals surface area contributed by atoms with E-state index in [1.54, 1.807) is 13.8 Å². The van der Waals surface area contributed by atoms with Gasteiger partial charge in [0, 0.05) is 0 Å². The van der Waals surface area contributed by atoms with Crippen molar-refractivity contribution in [2.45, 2.75) is 74.8 Å². The van der Waals surface area contributed by atoms with Gasteiger partial charge in [0.25, 0.3) is 0 Å². The molecule has 11 heteroatoms. The fourth-order valence-electron chi connectivity index (χ4n) is 3.91. The van der Waals surface area contributed by atoms with Gasteiger partial charge >= 0.3 is 0 Å². The minimum atomic E-state index is -3.85. The third-order valence-electron chi connectivity index (χ3n) is 5.55. The summed E-state index contributed by atoms with van der Waals surface area (Å²) in [4.78, 5) is 4.57. The predicted molar refractivity (Wildman–Crippen MR) is 97.7 cm³/mol. The number of hydrogen-bond donors (Lipinski definition) is 2. The highest BCUT2D eigenvalue weighted by atomic mass is 35.5. The van der Waals surface area contributed by atoms with Crippen molar-refractivity contribution in [1.29, 1.82) is 0 Å². The first-order chi connectivity index (χ1) is 12.3. The van der Waals surface area contributed by atoms with E-state index in [0.717, 1.165) is 32.1 Å². The third kappa shape index (κ3) is 3.28. The van der Waals surface area contributed by atoms with Crippen molar-refractivity contribution in [2.24, 2.45) is 5.73 Å². The van der Waals surface area contributed by atoms with Gasteiger partial charge in [-0.1, -0.05) is 23.2 Å². The summed E-state index contributed by atoms with van der Waals surface area (Å²) in [6.07, 6.45) is 5.58. The Morgan fingerprint density at radius 2 is 1.70 bits per heavy atom. The fraction of sp³-hybridized carbons (Fsp3) is 0.688. The lowest BCUT2D eigenvalue weighted by Gasteiger charge is -2.34. The molecular weight excluding hydrogens is 394 g/mol. The zero-order valence-electron chi connectivity index (χ0n) is 15.3. The van der Waals surface area contributed by atoms with Gasteiger partial charge in [-0.15, -0.1) is 12.4 Å². The molecule has 2 saturated carbocycles. The van der Waals surface area contributed by atoms with Gasteiger partial charge in [0.15, 0.2) is 11.6 Å². The first-order valence-corrected chi connectivity index (χ1v) is 10.3. The van der Waals surface area contributed by atoms with E-state index < -0.39 is 21.1 Å². The lowest BCUT2D eigenvalue weighted by Crippen LogP contribution is -2.46. The standard InChI is InChI=1S/C16H23N5O4S.ClH/c1-10-12(11(2)24-19-10)26(22,23)21-16(8-3-4-9-16)14-18-13(20-25-14)15(17)6-5-7-15;/h21H,3-9,17H2,1-2H3;1H. The summed E-state index contributed by atoms with van der Waals surface area (Å²) in [7, 11) is -3.85. The van der Waals surface area contributed by atoms with Crippen LogP contribution in [-0.2, 0) is 21.1 Å². The number of aryl methyl sites for hydroxylation is 2. The average molecular weight is 418 g/mol. The lowest BCUT2D eigenvalue weighted by molar-refractivity contribution is 0.224. The Labute approximate surface area is 163 Å². The lowest BCUT2D eigenvalue weighted by atomic mass is 9.77. The zero-order chi connectivity index (χ0) is 18.6. The van der Waals surface area contributed by atoms with Crippen LogP contribution in [0.1, 0.15) is 68.1 Å². The Bertz CT molecular complexity index is 909. The second-order valence-electron chi connectivity index (χ2n) is 7.48. The van der Waals surface area contributed by atoms with Gasteiger partial charge in [0.2, 0.25) is 15.9 Å². The fourth-order valence-corrected chi connectivity index (χ4v) is 5.66. The summed E-state index contributed by atoms with van der Waals surface area (Å²) in [5.41, 5.74) is 5.13. The molecule has 2 aliphatic rings. The van der Waals surface area contributed by atoms with Crippen LogP contribution in [0.2, 0.25) is 0 Å². The number of halogens is 1. The van der Waals surface area contributed by atoms with Crippen LogP contribution in [0.5, 0.6) is 0 Å². The molecule has 0 bridgehead atoms. The predicted octanol–water partition coefficient (Wildman–Crippen LogP) is 2.18. The number of nitrogens with two attached hydrogens (primary N) is 1. The molecule has 4 rings (SSSR count). The quantitative estimate of drug-likeness (QED) is 0.754. The summed E-state index contributed by atoms with van der Waals surface area (Å²) in [6, 6.07) is 0. The van der Waals surface area contributed by atoms with Gasteiger partial charge in [0.05, 0.1) is 5.54 Å². The summed E-state index contributed by atoms with van der Waals surface area (Å²) in [6.45, 7) is 3.18. The molecule has 2 aliphatic carbocycles. The molecule has 9 nitrogen and oxygen atoms in total. The molecular formula is C16H24ClN5O4S. The molecule has 0 aliphatic heterocycles. The number of nitrogens with zero attached hydrogens (tertiary/aromatic N) is 3. The molecule has 0 amide bonds. The van der Waals surface area contributed by atoms with Crippen molar-refractivity contribution in [1.82, 2.24) is 20.0 Å². The van der Waals surface area contributed by atoms with E-state index in [0.29, 0.717) is 24.4 Å². The molecule has 150 valence electrons. The highest BCUT2D eigenvalue weighted by molar-refractivity contribution is 7.89. The van der Waals surface area contributed by atoms with E-state index in [4.69, 9.17) is 14.8 Å². The molecule has 2 fully saturated rings. The number of aromatic nitrogens is 3. The number of rotatable bonds is 5. The second-order valence-corrected chi connectivity index (χ2v) is 9.10. The summed E-state index contributed by atoms with van der Waals surface area (Å²) in [5.74, 6) is 1.00. The van der Waals surface area contributed by atoms with Gasteiger partial charge < -0.3 is 14.8 Å². The van der Waals surface area contributed by atoms with E-state index in [1.165, 1.54) is 0 Å². The van der Waals surface area contributed by atoms with Gasteiger partial charge in [-0.25, -0.2) is 8.42 Å². The highest BCUT2D eigenvalue weighted by Gasteiger charge is 2.47. The van der Waals surface area contributed by atoms with Gasteiger partial charge in [0.1, 0.15) is 16.1 Å².